The number of rotatable bonds is 6. The summed E-state index contributed by atoms with van der Waals surface area (Å²) in [5, 5.41) is 56.3. The molecule has 6 atom stereocenters. The monoisotopic (exact) mass is 610 g/mol. The van der Waals surface area contributed by atoms with Crippen LogP contribution in [0.4, 0.5) is 0 Å². The molecule has 5 rings (SSSR count). The van der Waals surface area contributed by atoms with Crippen molar-refractivity contribution in [1.82, 2.24) is 0 Å². The Balaban J connectivity index is 1.69. The van der Waals surface area contributed by atoms with Crippen molar-refractivity contribution < 1.29 is 44.6 Å². The van der Waals surface area contributed by atoms with Gasteiger partial charge in [-0.05, 0) is 30.2 Å². The molecular weight excluding hydrogens is 568 g/mol. The minimum absolute atomic E-state index is 0.0156. The van der Waals surface area contributed by atoms with Crippen LogP contribution in [0.15, 0.2) is 23.2 Å². The first-order chi connectivity index (χ1) is 20.6. The summed E-state index contributed by atoms with van der Waals surface area (Å²) in [4.78, 5) is 32.2. The van der Waals surface area contributed by atoms with E-state index in [1.54, 1.807) is 6.07 Å². The zero-order valence-electron chi connectivity index (χ0n) is 25.8. The molecule has 0 spiro atoms. The molecule has 0 bridgehead atoms. The SMILES string of the molecule is COc1cccc2c1C(=O)c1c(O)c3c(c(O)c1C2=O)CC(O)(C(CO)=NCC(C)(C)C)C[C@@H]3O[C@@H]1CC(C)C(O)C(N)C1. The van der Waals surface area contributed by atoms with Gasteiger partial charge in [-0.3, -0.25) is 14.6 Å². The zero-order valence-corrected chi connectivity index (χ0v) is 25.8. The number of carbonyl (C=O) groups is 2. The maximum Gasteiger partial charge on any atom is 0.202 e. The van der Waals surface area contributed by atoms with Gasteiger partial charge >= 0.3 is 0 Å². The number of methoxy groups -OCH3 is 1. The fourth-order valence-corrected chi connectivity index (χ4v) is 6.79. The van der Waals surface area contributed by atoms with Gasteiger partial charge in [-0.1, -0.05) is 39.8 Å². The van der Waals surface area contributed by atoms with E-state index in [0.29, 0.717) is 19.4 Å². The third kappa shape index (κ3) is 5.41. The molecule has 11 heteroatoms. The molecule has 0 amide bonds. The molecule has 3 aliphatic carbocycles. The number of hydrogen-bond acceptors (Lipinski definition) is 11. The predicted molar refractivity (Wildman–Crippen MR) is 162 cm³/mol. The topological polar surface area (TPSA) is 192 Å². The Bertz CT molecular complexity index is 1520. The van der Waals surface area contributed by atoms with Crippen molar-refractivity contribution in [3.8, 4) is 17.2 Å². The molecule has 0 radical (unpaired) electrons. The molecular formula is C33H42N2O9. The van der Waals surface area contributed by atoms with Crippen molar-refractivity contribution in [1.29, 1.82) is 0 Å². The lowest BCUT2D eigenvalue weighted by molar-refractivity contribution is -0.0971. The fraction of sp³-hybridized carbons (Fsp3) is 0.545. The third-order valence-electron chi connectivity index (χ3n) is 9.06. The number of ether oxygens (including phenoxy) is 2. The van der Waals surface area contributed by atoms with Crippen LogP contribution in [-0.2, 0) is 11.2 Å². The van der Waals surface area contributed by atoms with Crippen molar-refractivity contribution >= 4 is 17.3 Å². The minimum atomic E-state index is -1.82. The van der Waals surface area contributed by atoms with Crippen LogP contribution in [0.1, 0.15) is 96.0 Å². The van der Waals surface area contributed by atoms with Gasteiger partial charge in [0.2, 0.25) is 5.78 Å². The number of nitrogens with zero attached hydrogens (tertiary/aromatic N) is 1. The number of phenolic OH excluding ortho intramolecular Hbond substituents is 2. The number of benzene rings is 2. The van der Waals surface area contributed by atoms with Crippen LogP contribution in [0, 0.1) is 11.3 Å². The Morgan fingerprint density at radius 1 is 1.09 bits per heavy atom. The van der Waals surface area contributed by atoms with Gasteiger partial charge in [0.05, 0.1) is 54.4 Å². The number of aliphatic hydroxyl groups is 3. The van der Waals surface area contributed by atoms with Crippen molar-refractivity contribution in [3.05, 3.63) is 51.6 Å². The van der Waals surface area contributed by atoms with Crippen LogP contribution in [0.25, 0.3) is 0 Å². The van der Waals surface area contributed by atoms with E-state index in [0.717, 1.165) is 0 Å². The molecule has 0 aromatic heterocycles. The van der Waals surface area contributed by atoms with Gasteiger partial charge in [-0.25, -0.2) is 0 Å². The molecule has 0 aliphatic heterocycles. The summed E-state index contributed by atoms with van der Waals surface area (Å²) in [5.74, 6) is -2.50. The second-order valence-corrected chi connectivity index (χ2v) is 13.6. The second-order valence-electron chi connectivity index (χ2n) is 13.6. The number of phenols is 2. The van der Waals surface area contributed by atoms with Gasteiger partial charge in [0, 0.05) is 42.1 Å². The van der Waals surface area contributed by atoms with Gasteiger partial charge in [0.25, 0.3) is 0 Å². The molecule has 2 aromatic rings. The molecule has 1 fully saturated rings. The van der Waals surface area contributed by atoms with E-state index in [1.165, 1.54) is 19.2 Å². The molecule has 7 N–H and O–H groups in total. The smallest absolute Gasteiger partial charge is 0.202 e. The number of ketones is 2. The summed E-state index contributed by atoms with van der Waals surface area (Å²) in [6, 6.07) is 3.97. The Morgan fingerprint density at radius 2 is 1.77 bits per heavy atom. The van der Waals surface area contributed by atoms with Crippen LogP contribution >= 0.6 is 0 Å². The van der Waals surface area contributed by atoms with Crippen LogP contribution in [-0.4, -0.2) is 86.9 Å². The summed E-state index contributed by atoms with van der Waals surface area (Å²) in [6.07, 6.45) is -2.05. The summed E-state index contributed by atoms with van der Waals surface area (Å²) in [7, 11) is 1.37. The summed E-state index contributed by atoms with van der Waals surface area (Å²) in [6.45, 7) is 7.46. The van der Waals surface area contributed by atoms with Crippen molar-refractivity contribution in [2.24, 2.45) is 22.1 Å². The lowest BCUT2D eigenvalue weighted by Gasteiger charge is -2.43. The van der Waals surface area contributed by atoms with E-state index < -0.39 is 59.6 Å². The molecule has 4 unspecified atom stereocenters. The number of carbonyl (C=O) groups excluding carboxylic acids is 2. The first-order valence-corrected chi connectivity index (χ1v) is 14.9. The minimum Gasteiger partial charge on any atom is -0.507 e. The van der Waals surface area contributed by atoms with Gasteiger partial charge in [-0.2, -0.15) is 0 Å². The Hall–Kier alpha value is -3.35. The molecule has 3 aliphatic rings. The van der Waals surface area contributed by atoms with Crippen LogP contribution in [0.5, 0.6) is 17.2 Å². The first kappa shape index (κ1) is 32.1. The Morgan fingerprint density at radius 3 is 2.39 bits per heavy atom. The van der Waals surface area contributed by atoms with E-state index in [9.17, 15) is 35.1 Å². The van der Waals surface area contributed by atoms with Crippen LogP contribution in [0.3, 0.4) is 0 Å². The van der Waals surface area contributed by atoms with Crippen molar-refractivity contribution in [2.75, 3.05) is 20.3 Å². The summed E-state index contributed by atoms with van der Waals surface area (Å²) >= 11 is 0. The zero-order chi connectivity index (χ0) is 32.3. The predicted octanol–water partition coefficient (Wildman–Crippen LogP) is 2.58. The summed E-state index contributed by atoms with van der Waals surface area (Å²) < 4.78 is 11.9. The number of hydrogen-bond donors (Lipinski definition) is 6. The third-order valence-corrected chi connectivity index (χ3v) is 9.06. The van der Waals surface area contributed by atoms with Crippen molar-refractivity contribution in [2.45, 2.75) is 83.3 Å². The highest BCUT2D eigenvalue weighted by Gasteiger charge is 2.49. The van der Waals surface area contributed by atoms with Crippen LogP contribution in [0.2, 0.25) is 0 Å². The molecule has 2 aromatic carbocycles. The highest BCUT2D eigenvalue weighted by atomic mass is 16.5. The number of nitrogens with two attached hydrogens (primary N) is 1. The van der Waals surface area contributed by atoms with E-state index in [-0.39, 0.29) is 69.0 Å². The van der Waals surface area contributed by atoms with E-state index in [2.05, 4.69) is 4.99 Å². The molecule has 44 heavy (non-hydrogen) atoms. The molecule has 238 valence electrons. The number of fused-ring (bicyclic) bond motifs is 3. The highest BCUT2D eigenvalue weighted by molar-refractivity contribution is 6.31. The maximum absolute atomic E-state index is 13.9. The van der Waals surface area contributed by atoms with E-state index >= 15 is 0 Å². The maximum atomic E-state index is 13.9. The van der Waals surface area contributed by atoms with Gasteiger partial charge < -0.3 is 40.7 Å². The van der Waals surface area contributed by atoms with Crippen LogP contribution < -0.4 is 10.5 Å². The van der Waals surface area contributed by atoms with Gasteiger partial charge in [0.15, 0.2) is 5.78 Å². The lowest BCUT2D eigenvalue weighted by Crippen LogP contribution is -2.50. The van der Waals surface area contributed by atoms with Gasteiger partial charge in [0.1, 0.15) is 22.8 Å². The second kappa shape index (κ2) is 11.5. The molecule has 0 heterocycles. The number of aliphatic imine (C=N–C) groups is 1. The fourth-order valence-electron chi connectivity index (χ4n) is 6.79. The largest absolute Gasteiger partial charge is 0.507 e. The quantitative estimate of drug-likeness (QED) is 0.179. The van der Waals surface area contributed by atoms with Gasteiger partial charge in [-0.15, -0.1) is 0 Å². The van der Waals surface area contributed by atoms with Crippen molar-refractivity contribution in [3.63, 3.8) is 0 Å². The summed E-state index contributed by atoms with van der Waals surface area (Å²) in [5.41, 5.74) is 3.55. The first-order valence-electron chi connectivity index (χ1n) is 14.9. The normalized spacial score (nSPS) is 28.8. The highest BCUT2D eigenvalue weighted by Crippen LogP contribution is 2.53. The standard InChI is InChI=1S/C33H42N2O9/c1-15-9-16(10-19(34)27(15)37)44-21-12-33(42,22(13-36)35-14-32(2,3)4)11-18-24(21)31(41)26-25(29(18)39)28(38)17-7-6-8-20(43-5)23(17)30(26)40/h6-8,15-16,19,21,27,36-37,39,41-42H,9-14,34H2,1-5H3/t15?,16-,19?,21+,27?,33?/m1/s1. The number of aromatic hydroxyl groups is 2. The molecule has 0 saturated heterocycles. The Labute approximate surface area is 256 Å². The number of aliphatic hydroxyl groups excluding tert-OH is 2. The van der Waals surface area contributed by atoms with E-state index in [1.807, 2.05) is 27.7 Å². The average molecular weight is 611 g/mol. The molecule has 1 saturated carbocycles. The van der Waals surface area contributed by atoms with E-state index in [4.69, 9.17) is 15.2 Å². The molecule has 11 nitrogen and oxygen atoms in total. The average Bonchev–Trinajstić information content (AvgIpc) is 2.95. The lowest BCUT2D eigenvalue weighted by atomic mass is 9.71. The Kier molecular flexibility index (Phi) is 8.41.